The molecule has 2 heteroatoms. The van der Waals surface area contributed by atoms with Gasteiger partial charge in [0.2, 0.25) is 0 Å². The van der Waals surface area contributed by atoms with Gasteiger partial charge in [-0.05, 0) is 96.9 Å². The smallest absolute Gasteiger partial charge is 0.0191 e. The fraction of sp³-hybridized carbons (Fsp3) is 0.765. The molecule has 1 aromatic rings. The molecule has 0 radical (unpaired) electrons. The second kappa shape index (κ2) is 4.87. The van der Waals surface area contributed by atoms with E-state index in [-0.39, 0.29) is 0 Å². The third kappa shape index (κ3) is 2.55. The van der Waals surface area contributed by atoms with Crippen molar-refractivity contribution in [1.29, 1.82) is 0 Å². The summed E-state index contributed by atoms with van der Waals surface area (Å²) in [5.41, 5.74) is 2.25. The second-order valence-corrected chi connectivity index (χ2v) is 9.63. The molecular weight excluding hydrogens is 316 g/mol. The molecule has 0 aromatic carbocycles. The van der Waals surface area contributed by atoms with Gasteiger partial charge in [0, 0.05) is 4.83 Å². The molecule has 4 bridgehead atoms. The molecule has 1 atom stereocenters. The molecule has 0 spiro atoms. The van der Waals surface area contributed by atoms with Gasteiger partial charge in [0.05, 0.1) is 0 Å². The Kier molecular flexibility index (Phi) is 3.31. The van der Waals surface area contributed by atoms with E-state index in [1.165, 1.54) is 18.4 Å². The van der Waals surface area contributed by atoms with Crippen molar-refractivity contribution in [2.45, 2.75) is 56.2 Å². The summed E-state index contributed by atoms with van der Waals surface area (Å²) in [5, 5.41) is 4.52. The molecule has 104 valence electrons. The van der Waals surface area contributed by atoms with Gasteiger partial charge < -0.3 is 0 Å². The van der Waals surface area contributed by atoms with Gasteiger partial charge in [0.25, 0.3) is 0 Å². The molecule has 0 amide bonds. The molecule has 0 saturated heterocycles. The van der Waals surface area contributed by atoms with E-state index < -0.39 is 0 Å². The Labute approximate surface area is 129 Å². The van der Waals surface area contributed by atoms with Gasteiger partial charge in [-0.2, -0.15) is 11.3 Å². The van der Waals surface area contributed by atoms with Crippen molar-refractivity contribution in [1.82, 2.24) is 0 Å². The predicted octanol–water partition coefficient (Wildman–Crippen LogP) is 5.66. The van der Waals surface area contributed by atoms with E-state index in [9.17, 15) is 0 Å². The second-order valence-electron chi connectivity index (χ2n) is 7.55. The van der Waals surface area contributed by atoms with Crippen molar-refractivity contribution in [2.24, 2.45) is 23.2 Å². The van der Waals surface area contributed by atoms with E-state index in [1.807, 2.05) is 11.3 Å². The van der Waals surface area contributed by atoms with Crippen LogP contribution in [0.2, 0.25) is 0 Å². The van der Waals surface area contributed by atoms with Crippen molar-refractivity contribution in [3.05, 3.63) is 22.4 Å². The molecule has 1 unspecified atom stereocenters. The number of hydrogen-bond acceptors (Lipinski definition) is 1. The summed E-state index contributed by atoms with van der Waals surface area (Å²) in [6.45, 7) is 0. The first-order valence-electron chi connectivity index (χ1n) is 7.86. The van der Waals surface area contributed by atoms with E-state index in [0.717, 1.165) is 23.2 Å². The van der Waals surface area contributed by atoms with E-state index >= 15 is 0 Å². The van der Waals surface area contributed by atoms with Crippen LogP contribution in [0.4, 0.5) is 0 Å². The molecule has 0 aliphatic heterocycles. The van der Waals surface area contributed by atoms with Gasteiger partial charge >= 0.3 is 0 Å². The molecule has 1 aromatic heterocycles. The van der Waals surface area contributed by atoms with Crippen LogP contribution in [-0.2, 0) is 6.42 Å². The Morgan fingerprint density at radius 1 is 1.16 bits per heavy atom. The van der Waals surface area contributed by atoms with Gasteiger partial charge in [-0.3, -0.25) is 0 Å². The molecule has 4 aliphatic carbocycles. The summed E-state index contributed by atoms with van der Waals surface area (Å²) in [6.07, 6.45) is 12.0. The van der Waals surface area contributed by atoms with Crippen molar-refractivity contribution < 1.29 is 0 Å². The van der Waals surface area contributed by atoms with Crippen LogP contribution in [0.1, 0.15) is 50.5 Å². The van der Waals surface area contributed by atoms with Crippen molar-refractivity contribution in [3.63, 3.8) is 0 Å². The molecule has 4 saturated carbocycles. The number of rotatable bonds is 4. The maximum atomic E-state index is 3.99. The molecule has 0 N–H and O–H groups in total. The lowest BCUT2D eigenvalue weighted by Crippen LogP contribution is -2.47. The van der Waals surface area contributed by atoms with E-state index in [0.29, 0.717) is 4.83 Å². The summed E-state index contributed by atoms with van der Waals surface area (Å²) in [7, 11) is 0. The molecule has 19 heavy (non-hydrogen) atoms. The average Bonchev–Trinajstić information content (AvgIpc) is 2.78. The van der Waals surface area contributed by atoms with E-state index in [1.54, 1.807) is 38.5 Å². The molecule has 0 nitrogen and oxygen atoms in total. The highest BCUT2D eigenvalue weighted by molar-refractivity contribution is 9.09. The lowest BCUT2D eigenvalue weighted by atomic mass is 9.48. The normalized spacial score (nSPS) is 41.6. The first kappa shape index (κ1) is 12.9. The fourth-order valence-corrected chi connectivity index (χ4v) is 7.49. The van der Waals surface area contributed by atoms with E-state index in [2.05, 4.69) is 32.8 Å². The van der Waals surface area contributed by atoms with Crippen LogP contribution in [0.15, 0.2) is 16.8 Å². The molecule has 4 aliphatic rings. The zero-order valence-corrected chi connectivity index (χ0v) is 13.9. The summed E-state index contributed by atoms with van der Waals surface area (Å²) >= 11 is 5.82. The minimum atomic E-state index is 0.693. The first-order valence-corrected chi connectivity index (χ1v) is 9.72. The van der Waals surface area contributed by atoms with Crippen LogP contribution in [0, 0.1) is 23.2 Å². The molecule has 1 heterocycles. The Hall–Kier alpha value is 0.180. The van der Waals surface area contributed by atoms with Crippen LogP contribution in [0.5, 0.6) is 0 Å². The average molecular weight is 339 g/mol. The largest absolute Gasteiger partial charge is 0.152 e. The molecule has 5 rings (SSSR count). The van der Waals surface area contributed by atoms with Crippen LogP contribution >= 0.6 is 27.3 Å². The van der Waals surface area contributed by atoms with E-state index in [4.69, 9.17) is 0 Å². The van der Waals surface area contributed by atoms with Gasteiger partial charge in [-0.15, -0.1) is 0 Å². The minimum Gasteiger partial charge on any atom is -0.152 e. The van der Waals surface area contributed by atoms with Gasteiger partial charge in [-0.25, -0.2) is 0 Å². The SMILES string of the molecule is BrC(Cc1ccsc1)CC12CC3CC(CC(C3)C1)C2. The molecular formula is C17H23BrS. The Bertz CT molecular complexity index is 401. The monoisotopic (exact) mass is 338 g/mol. The molecule has 4 fully saturated rings. The predicted molar refractivity (Wildman–Crippen MR) is 86.0 cm³/mol. The summed E-state index contributed by atoms with van der Waals surface area (Å²) in [5.74, 6) is 3.27. The quantitative estimate of drug-likeness (QED) is 0.621. The van der Waals surface area contributed by atoms with Crippen LogP contribution in [0.25, 0.3) is 0 Å². The van der Waals surface area contributed by atoms with Crippen LogP contribution in [-0.4, -0.2) is 4.83 Å². The number of thiophene rings is 1. The third-order valence-electron chi connectivity index (χ3n) is 5.86. The highest BCUT2D eigenvalue weighted by atomic mass is 79.9. The third-order valence-corrected chi connectivity index (χ3v) is 7.24. The van der Waals surface area contributed by atoms with Crippen molar-refractivity contribution >= 4 is 27.3 Å². The lowest BCUT2D eigenvalue weighted by molar-refractivity contribution is -0.0569. The highest BCUT2D eigenvalue weighted by Crippen LogP contribution is 2.62. The summed E-state index contributed by atoms with van der Waals surface area (Å²) in [6, 6.07) is 2.29. The maximum absolute atomic E-state index is 3.99. The Balaban J connectivity index is 1.44. The Morgan fingerprint density at radius 2 is 1.79 bits per heavy atom. The highest BCUT2D eigenvalue weighted by Gasteiger charge is 2.50. The fourth-order valence-electron chi connectivity index (χ4n) is 5.75. The maximum Gasteiger partial charge on any atom is 0.0191 e. The van der Waals surface area contributed by atoms with Crippen molar-refractivity contribution in [2.75, 3.05) is 0 Å². The standard InChI is InChI=1S/C17H23BrS/c18-16(6-12-1-2-19-11-12)10-17-7-13-3-14(8-17)5-15(4-13)9-17/h1-2,11,13-16H,3-10H2. The zero-order valence-electron chi connectivity index (χ0n) is 11.5. The number of hydrogen-bond donors (Lipinski definition) is 0. The van der Waals surface area contributed by atoms with Gasteiger partial charge in [0.15, 0.2) is 0 Å². The van der Waals surface area contributed by atoms with Gasteiger partial charge in [-0.1, -0.05) is 15.9 Å². The van der Waals surface area contributed by atoms with Gasteiger partial charge in [0.1, 0.15) is 0 Å². The number of alkyl halides is 1. The topological polar surface area (TPSA) is 0 Å². The van der Waals surface area contributed by atoms with Crippen molar-refractivity contribution in [3.8, 4) is 0 Å². The first-order chi connectivity index (χ1) is 9.21. The Morgan fingerprint density at radius 3 is 2.32 bits per heavy atom. The number of halogens is 1. The van der Waals surface area contributed by atoms with Crippen LogP contribution < -0.4 is 0 Å². The zero-order chi connectivity index (χ0) is 12.9. The lowest BCUT2D eigenvalue weighted by Gasteiger charge is -2.57. The minimum absolute atomic E-state index is 0.693. The summed E-state index contributed by atoms with van der Waals surface area (Å²) < 4.78 is 0. The van der Waals surface area contributed by atoms with Crippen LogP contribution in [0.3, 0.4) is 0 Å². The summed E-state index contributed by atoms with van der Waals surface area (Å²) in [4.78, 5) is 0.693.